The van der Waals surface area contributed by atoms with Crippen molar-refractivity contribution in [2.75, 3.05) is 55.9 Å². The van der Waals surface area contributed by atoms with Gasteiger partial charge < -0.3 is 29.7 Å². The van der Waals surface area contributed by atoms with Crippen molar-refractivity contribution in [3.63, 3.8) is 0 Å². The summed E-state index contributed by atoms with van der Waals surface area (Å²) in [4.78, 5) is 24.6. The van der Waals surface area contributed by atoms with Crippen LogP contribution in [-0.4, -0.2) is 56.3 Å². The van der Waals surface area contributed by atoms with E-state index in [-0.39, 0.29) is 5.88 Å². The van der Waals surface area contributed by atoms with E-state index in [0.29, 0.717) is 22.8 Å². The number of aromatic nitrogens is 2. The Bertz CT molecular complexity index is 1060. The van der Waals surface area contributed by atoms with Gasteiger partial charge in [0.15, 0.2) is 5.82 Å². The summed E-state index contributed by atoms with van der Waals surface area (Å²) in [5.74, 6) is 1.87. The smallest absolute Gasteiger partial charge is 0.337 e. The lowest BCUT2D eigenvalue weighted by Gasteiger charge is -2.37. The van der Waals surface area contributed by atoms with E-state index < -0.39 is 5.97 Å². The second-order valence-corrected chi connectivity index (χ2v) is 7.21. The maximum absolute atomic E-state index is 11.6. The molecular formula is C23H25N5O4. The highest BCUT2D eigenvalue weighted by atomic mass is 16.5. The highest BCUT2D eigenvalue weighted by molar-refractivity contribution is 5.89. The van der Waals surface area contributed by atoms with Gasteiger partial charge >= 0.3 is 5.97 Å². The quantitative estimate of drug-likeness (QED) is 0.585. The van der Waals surface area contributed by atoms with Crippen LogP contribution in [0.4, 0.5) is 17.2 Å². The molecule has 3 aromatic rings. The average Bonchev–Trinajstić information content (AvgIpc) is 2.85. The molecule has 1 aliphatic heterocycles. The lowest BCUT2D eigenvalue weighted by molar-refractivity contribution is 0.0600. The van der Waals surface area contributed by atoms with Crippen molar-refractivity contribution in [1.29, 1.82) is 0 Å². The Labute approximate surface area is 186 Å². The number of carbonyl (C=O) groups excluding carboxylic acids is 1. The van der Waals surface area contributed by atoms with Gasteiger partial charge in [-0.1, -0.05) is 0 Å². The molecule has 2 aromatic carbocycles. The van der Waals surface area contributed by atoms with Gasteiger partial charge in [0.2, 0.25) is 5.88 Å². The molecule has 4 rings (SSSR count). The predicted octanol–water partition coefficient (Wildman–Crippen LogP) is 2.97. The van der Waals surface area contributed by atoms with Crippen LogP contribution in [0.2, 0.25) is 0 Å². The van der Waals surface area contributed by atoms with Gasteiger partial charge in [-0.15, -0.1) is 0 Å². The van der Waals surface area contributed by atoms with E-state index in [2.05, 4.69) is 31.9 Å². The number of esters is 1. The number of piperazine rings is 1. The second-order valence-electron chi connectivity index (χ2n) is 7.21. The van der Waals surface area contributed by atoms with Gasteiger partial charge in [-0.2, -0.15) is 4.98 Å². The fraction of sp³-hybridized carbons (Fsp3) is 0.261. The predicted molar refractivity (Wildman–Crippen MR) is 122 cm³/mol. The third-order valence-corrected chi connectivity index (χ3v) is 5.33. The summed E-state index contributed by atoms with van der Waals surface area (Å²) < 4.78 is 15.8. The molecule has 1 saturated heterocycles. The van der Waals surface area contributed by atoms with Crippen molar-refractivity contribution in [3.05, 3.63) is 60.4 Å². The number of rotatable bonds is 6. The summed E-state index contributed by atoms with van der Waals surface area (Å²) in [6.07, 6.45) is 1.44. The van der Waals surface area contributed by atoms with E-state index >= 15 is 0 Å². The Balaban J connectivity index is 1.43. The van der Waals surface area contributed by atoms with Gasteiger partial charge in [0.25, 0.3) is 0 Å². The first-order chi connectivity index (χ1) is 15.6. The topological polar surface area (TPSA) is 103 Å². The Morgan fingerprint density at radius 2 is 1.50 bits per heavy atom. The minimum atomic E-state index is -0.408. The van der Waals surface area contributed by atoms with Crippen LogP contribution in [0.3, 0.4) is 0 Å². The third kappa shape index (κ3) is 4.51. The van der Waals surface area contributed by atoms with Crippen LogP contribution in [-0.2, 0) is 4.74 Å². The molecule has 2 N–H and O–H groups in total. The summed E-state index contributed by atoms with van der Waals surface area (Å²) in [5, 5.41) is 0. The maximum Gasteiger partial charge on any atom is 0.337 e. The number of hydrogen-bond donors (Lipinski definition) is 1. The average molecular weight is 435 g/mol. The zero-order valence-electron chi connectivity index (χ0n) is 18.0. The molecule has 1 fully saturated rings. The number of carbonyl (C=O) groups is 1. The van der Waals surface area contributed by atoms with Crippen LogP contribution >= 0.6 is 0 Å². The number of anilines is 3. The van der Waals surface area contributed by atoms with Crippen LogP contribution in [0.15, 0.2) is 54.9 Å². The van der Waals surface area contributed by atoms with Crippen molar-refractivity contribution >= 4 is 23.2 Å². The summed E-state index contributed by atoms with van der Waals surface area (Å²) in [6, 6.07) is 14.6. The lowest BCUT2D eigenvalue weighted by Crippen LogP contribution is -2.47. The van der Waals surface area contributed by atoms with Crippen molar-refractivity contribution < 1.29 is 19.0 Å². The highest BCUT2D eigenvalue weighted by Crippen LogP contribution is 2.32. The number of ether oxygens (including phenoxy) is 3. The lowest BCUT2D eigenvalue weighted by atomic mass is 10.2. The number of nitrogen functional groups attached to an aromatic ring is 1. The Morgan fingerprint density at radius 1 is 0.875 bits per heavy atom. The molecule has 9 heteroatoms. The molecule has 32 heavy (non-hydrogen) atoms. The Hall–Kier alpha value is -4.01. The molecule has 0 aliphatic carbocycles. The van der Waals surface area contributed by atoms with E-state index in [1.54, 1.807) is 31.4 Å². The first kappa shape index (κ1) is 21.2. The Morgan fingerprint density at radius 3 is 2.12 bits per heavy atom. The van der Waals surface area contributed by atoms with E-state index in [4.69, 9.17) is 19.9 Å². The molecule has 1 aromatic heterocycles. The first-order valence-electron chi connectivity index (χ1n) is 10.2. The van der Waals surface area contributed by atoms with E-state index in [0.717, 1.165) is 37.6 Å². The standard InChI is InChI=1S/C23H25N5O4/c1-30-18-9-5-17(6-10-18)27-11-13-28(14-12-27)21-20(24)22(26-15-25-21)32-19-7-3-16(4-8-19)23(29)31-2/h3-10,15H,11-14,24H2,1-2H3. The van der Waals surface area contributed by atoms with Crippen molar-refractivity contribution in [2.24, 2.45) is 0 Å². The van der Waals surface area contributed by atoms with Crippen molar-refractivity contribution in [3.8, 4) is 17.4 Å². The van der Waals surface area contributed by atoms with Crippen LogP contribution < -0.4 is 25.0 Å². The van der Waals surface area contributed by atoms with Gasteiger partial charge in [-0.3, -0.25) is 0 Å². The minimum absolute atomic E-state index is 0.276. The van der Waals surface area contributed by atoms with Gasteiger partial charge in [-0.25, -0.2) is 9.78 Å². The molecule has 2 heterocycles. The number of hydrogen-bond acceptors (Lipinski definition) is 9. The van der Waals surface area contributed by atoms with Gasteiger partial charge in [0, 0.05) is 31.9 Å². The number of methoxy groups -OCH3 is 2. The fourth-order valence-electron chi connectivity index (χ4n) is 3.56. The zero-order valence-corrected chi connectivity index (χ0v) is 18.0. The van der Waals surface area contributed by atoms with E-state index in [1.165, 1.54) is 13.4 Å². The number of nitrogens with two attached hydrogens (primary N) is 1. The SMILES string of the molecule is COC(=O)c1ccc(Oc2ncnc(N3CCN(c4ccc(OC)cc4)CC3)c2N)cc1. The molecule has 0 amide bonds. The molecule has 166 valence electrons. The monoisotopic (exact) mass is 435 g/mol. The highest BCUT2D eigenvalue weighted by Gasteiger charge is 2.22. The zero-order chi connectivity index (χ0) is 22.5. The fourth-order valence-corrected chi connectivity index (χ4v) is 3.56. The van der Waals surface area contributed by atoms with Crippen LogP contribution in [0.25, 0.3) is 0 Å². The largest absolute Gasteiger partial charge is 0.497 e. The molecule has 0 bridgehead atoms. The van der Waals surface area contributed by atoms with Crippen LogP contribution in [0.5, 0.6) is 17.4 Å². The third-order valence-electron chi connectivity index (χ3n) is 5.33. The number of benzene rings is 2. The van der Waals surface area contributed by atoms with Gasteiger partial charge in [0.05, 0.1) is 19.8 Å². The molecule has 0 atom stereocenters. The maximum atomic E-state index is 11.6. The molecule has 0 radical (unpaired) electrons. The van der Waals surface area contributed by atoms with Gasteiger partial charge in [-0.05, 0) is 48.5 Å². The Kier molecular flexibility index (Phi) is 6.25. The summed E-state index contributed by atoms with van der Waals surface area (Å²) in [5.41, 5.74) is 8.31. The molecule has 1 aliphatic rings. The molecular weight excluding hydrogens is 410 g/mol. The number of nitrogens with zero attached hydrogens (tertiary/aromatic N) is 4. The van der Waals surface area contributed by atoms with E-state index in [9.17, 15) is 4.79 Å². The summed E-state index contributed by atoms with van der Waals surface area (Å²) in [7, 11) is 3.00. The van der Waals surface area contributed by atoms with Crippen LogP contribution in [0.1, 0.15) is 10.4 Å². The summed E-state index contributed by atoms with van der Waals surface area (Å²) in [6.45, 7) is 3.20. The molecule has 0 unspecified atom stereocenters. The second kappa shape index (κ2) is 9.42. The molecule has 0 spiro atoms. The molecule has 0 saturated carbocycles. The van der Waals surface area contributed by atoms with Crippen LogP contribution in [0, 0.1) is 0 Å². The summed E-state index contributed by atoms with van der Waals surface area (Å²) >= 11 is 0. The van der Waals surface area contributed by atoms with Crippen molar-refractivity contribution in [1.82, 2.24) is 9.97 Å². The van der Waals surface area contributed by atoms with Crippen molar-refractivity contribution in [2.45, 2.75) is 0 Å². The first-order valence-corrected chi connectivity index (χ1v) is 10.2. The molecule has 9 nitrogen and oxygen atoms in total. The van der Waals surface area contributed by atoms with E-state index in [1.807, 2.05) is 12.1 Å². The minimum Gasteiger partial charge on any atom is -0.497 e. The van der Waals surface area contributed by atoms with Gasteiger partial charge in [0.1, 0.15) is 23.5 Å². The normalized spacial score (nSPS) is 13.6.